The molecule has 240 valence electrons. The lowest BCUT2D eigenvalue weighted by atomic mass is 10.1. The zero-order valence-electron chi connectivity index (χ0n) is 25.9. The van der Waals surface area contributed by atoms with Crippen LogP contribution < -0.4 is 10.6 Å². The summed E-state index contributed by atoms with van der Waals surface area (Å²) in [7, 11) is 0. The van der Waals surface area contributed by atoms with Crippen molar-refractivity contribution in [1.29, 1.82) is 0 Å². The number of aliphatic hydroxyl groups excluding tert-OH is 1. The zero-order chi connectivity index (χ0) is 32.3. The number of benzene rings is 1. The Morgan fingerprint density at radius 2 is 1.73 bits per heavy atom. The van der Waals surface area contributed by atoms with E-state index in [0.29, 0.717) is 11.4 Å². The molecule has 3 N–H and O–H groups in total. The molecule has 44 heavy (non-hydrogen) atoms. The van der Waals surface area contributed by atoms with Crippen LogP contribution in [0.4, 0.5) is 10.6 Å². The highest BCUT2D eigenvalue weighted by Gasteiger charge is 2.31. The van der Waals surface area contributed by atoms with E-state index in [9.17, 15) is 24.3 Å². The molecule has 3 rings (SSSR count). The molecule has 2 aromatic rings. The molecule has 0 aliphatic carbocycles. The minimum Gasteiger partial charge on any atom is -0.460 e. The van der Waals surface area contributed by atoms with Gasteiger partial charge in [0.2, 0.25) is 5.91 Å². The van der Waals surface area contributed by atoms with Crippen LogP contribution >= 0.6 is 0 Å². The summed E-state index contributed by atoms with van der Waals surface area (Å²) in [6, 6.07) is 9.44. The molecular weight excluding hydrogens is 572 g/mol. The molecule has 0 bridgehead atoms. The largest absolute Gasteiger partial charge is 0.527 e. The topological polar surface area (TPSA) is 173 Å². The lowest BCUT2D eigenvalue weighted by Crippen LogP contribution is -2.55. The van der Waals surface area contributed by atoms with Crippen LogP contribution in [0.5, 0.6) is 0 Å². The smallest absolute Gasteiger partial charge is 0.460 e. The summed E-state index contributed by atoms with van der Waals surface area (Å²) < 4.78 is 10.2. The minimum atomic E-state index is -1.07. The maximum absolute atomic E-state index is 13.7. The quantitative estimate of drug-likeness (QED) is 0.299. The molecule has 1 fully saturated rings. The predicted molar refractivity (Wildman–Crippen MR) is 160 cm³/mol. The molecule has 2 heterocycles. The first-order valence-corrected chi connectivity index (χ1v) is 14.6. The number of aliphatic hydroxyl groups is 1. The summed E-state index contributed by atoms with van der Waals surface area (Å²) in [5, 5.41) is 16.9. The molecule has 1 aliphatic rings. The molecule has 2 amide bonds. The number of hydrogen-bond donors (Lipinski definition) is 3. The maximum Gasteiger partial charge on any atom is 0.527 e. The highest BCUT2D eigenvalue weighted by molar-refractivity contribution is 5.97. The van der Waals surface area contributed by atoms with Crippen molar-refractivity contribution in [2.24, 2.45) is 0 Å². The van der Waals surface area contributed by atoms with Gasteiger partial charge in [0, 0.05) is 37.7 Å². The standard InChI is InChI=1S/C30H42N6O8/c1-6-42-29(41)44-36-16-14-35(15-17-36)28(40)22(12-13-25(38)43-30(3,4)5)33-27(39)23-18-24(31-19-20(2)37)34-26(32-23)21-10-8-7-9-11-21/h7-11,18,20,22,37H,6,12-17,19H2,1-5H3,(H,33,39)(H,31,32,34)/t20-,22?/m0/s1. The monoisotopic (exact) mass is 614 g/mol. The Morgan fingerprint density at radius 3 is 2.34 bits per heavy atom. The first kappa shape index (κ1) is 34.2. The van der Waals surface area contributed by atoms with Crippen LogP contribution in [0.3, 0.4) is 0 Å². The van der Waals surface area contributed by atoms with E-state index in [1.54, 1.807) is 46.8 Å². The predicted octanol–water partition coefficient (Wildman–Crippen LogP) is 2.39. The first-order chi connectivity index (χ1) is 20.8. The maximum atomic E-state index is 13.7. The van der Waals surface area contributed by atoms with Crippen molar-refractivity contribution in [3.05, 3.63) is 42.1 Å². The average Bonchev–Trinajstić information content (AvgIpc) is 2.97. The number of amides is 2. The lowest BCUT2D eigenvalue weighted by molar-refractivity contribution is -0.158. The SMILES string of the molecule is CCOC(=O)ON1CCN(C(=O)C(CCC(=O)OC(C)(C)C)NC(=O)c2cc(NC[C@H](C)O)nc(-c3ccccc3)n2)CC1. The van der Waals surface area contributed by atoms with Gasteiger partial charge in [0.25, 0.3) is 5.91 Å². The van der Waals surface area contributed by atoms with Crippen molar-refractivity contribution >= 4 is 29.8 Å². The van der Waals surface area contributed by atoms with E-state index in [-0.39, 0.29) is 63.7 Å². The van der Waals surface area contributed by atoms with Crippen molar-refractivity contribution in [3.8, 4) is 11.4 Å². The van der Waals surface area contributed by atoms with E-state index >= 15 is 0 Å². The van der Waals surface area contributed by atoms with E-state index in [4.69, 9.17) is 14.3 Å². The molecule has 1 aromatic carbocycles. The molecule has 0 radical (unpaired) electrons. The number of esters is 1. The van der Waals surface area contributed by atoms with Crippen LogP contribution in [-0.2, 0) is 23.9 Å². The van der Waals surface area contributed by atoms with Gasteiger partial charge in [-0.25, -0.2) is 14.8 Å². The lowest BCUT2D eigenvalue weighted by Gasteiger charge is -2.35. The number of nitrogens with one attached hydrogen (secondary N) is 2. The van der Waals surface area contributed by atoms with Gasteiger partial charge in [0.1, 0.15) is 23.2 Å². The second-order valence-electron chi connectivity index (χ2n) is 11.2. The minimum absolute atomic E-state index is 0.00494. The third-order valence-corrected chi connectivity index (χ3v) is 6.25. The molecule has 2 atom stereocenters. The van der Waals surface area contributed by atoms with Gasteiger partial charge in [0.05, 0.1) is 25.8 Å². The number of hydrogen-bond acceptors (Lipinski definition) is 12. The number of anilines is 1. The van der Waals surface area contributed by atoms with Crippen molar-refractivity contribution in [2.45, 2.75) is 65.2 Å². The third kappa shape index (κ3) is 11.1. The van der Waals surface area contributed by atoms with Crippen LogP contribution in [0.25, 0.3) is 11.4 Å². The van der Waals surface area contributed by atoms with Gasteiger partial charge < -0.3 is 35.0 Å². The number of aromatic nitrogens is 2. The van der Waals surface area contributed by atoms with E-state index < -0.39 is 41.7 Å². The molecule has 1 unspecified atom stereocenters. The number of piperazine rings is 1. The van der Waals surface area contributed by atoms with Gasteiger partial charge in [-0.1, -0.05) is 30.3 Å². The van der Waals surface area contributed by atoms with Crippen molar-refractivity contribution < 1.29 is 38.6 Å². The Labute approximate surface area is 257 Å². The highest BCUT2D eigenvalue weighted by atomic mass is 16.8. The van der Waals surface area contributed by atoms with Crippen molar-refractivity contribution in [1.82, 2.24) is 25.2 Å². The van der Waals surface area contributed by atoms with E-state index in [1.807, 2.05) is 18.2 Å². The summed E-state index contributed by atoms with van der Waals surface area (Å²) in [5.41, 5.74) is -0.0447. The zero-order valence-corrected chi connectivity index (χ0v) is 25.9. The van der Waals surface area contributed by atoms with E-state index in [1.165, 1.54) is 16.0 Å². The van der Waals surface area contributed by atoms with Crippen LogP contribution in [0, 0.1) is 0 Å². The van der Waals surface area contributed by atoms with E-state index in [2.05, 4.69) is 20.6 Å². The summed E-state index contributed by atoms with van der Waals surface area (Å²) >= 11 is 0. The number of rotatable bonds is 12. The second kappa shape index (κ2) is 16.0. The fourth-order valence-corrected chi connectivity index (χ4v) is 4.24. The third-order valence-electron chi connectivity index (χ3n) is 6.25. The number of hydroxylamine groups is 2. The van der Waals surface area contributed by atoms with Crippen LogP contribution in [0.1, 0.15) is 57.9 Å². The van der Waals surface area contributed by atoms with Crippen LogP contribution in [0.15, 0.2) is 36.4 Å². The van der Waals surface area contributed by atoms with Crippen molar-refractivity contribution in [2.75, 3.05) is 44.6 Å². The summed E-state index contributed by atoms with van der Waals surface area (Å²) in [6.45, 7) is 9.80. The van der Waals surface area contributed by atoms with Crippen LogP contribution in [-0.4, -0.2) is 106 Å². The Bertz CT molecular complexity index is 1280. The second-order valence-corrected chi connectivity index (χ2v) is 11.2. The number of carbonyl (C=O) groups is 4. The fraction of sp³-hybridized carbons (Fsp3) is 0.533. The van der Waals surface area contributed by atoms with Gasteiger partial charge in [-0.15, -0.1) is 5.06 Å². The summed E-state index contributed by atoms with van der Waals surface area (Å²) in [5.74, 6) is -0.950. The van der Waals surface area contributed by atoms with Crippen LogP contribution in [0.2, 0.25) is 0 Å². The van der Waals surface area contributed by atoms with E-state index in [0.717, 1.165) is 0 Å². The Balaban J connectivity index is 1.80. The average molecular weight is 615 g/mol. The van der Waals surface area contributed by atoms with Gasteiger partial charge in [-0.3, -0.25) is 14.4 Å². The molecular formula is C30H42N6O8. The van der Waals surface area contributed by atoms with Gasteiger partial charge in [-0.2, -0.15) is 0 Å². The molecule has 14 heteroatoms. The number of ether oxygens (including phenoxy) is 2. The van der Waals surface area contributed by atoms with Gasteiger partial charge in [0.15, 0.2) is 5.82 Å². The highest BCUT2D eigenvalue weighted by Crippen LogP contribution is 2.19. The Morgan fingerprint density at radius 1 is 1.05 bits per heavy atom. The summed E-state index contributed by atoms with van der Waals surface area (Å²) in [6.07, 6.45) is -1.61. The molecule has 1 aliphatic heterocycles. The molecule has 1 saturated heterocycles. The number of carbonyl (C=O) groups excluding carboxylic acids is 4. The fourth-order valence-electron chi connectivity index (χ4n) is 4.24. The molecule has 0 spiro atoms. The molecule has 14 nitrogen and oxygen atoms in total. The summed E-state index contributed by atoms with van der Waals surface area (Å²) in [4.78, 5) is 67.0. The Hall–Kier alpha value is -4.30. The normalized spacial score (nSPS) is 15.1. The molecule has 1 aromatic heterocycles. The molecule has 0 saturated carbocycles. The van der Waals surface area contributed by atoms with Crippen molar-refractivity contribution in [3.63, 3.8) is 0 Å². The Kier molecular flexibility index (Phi) is 12.4. The number of nitrogens with zero attached hydrogens (tertiary/aromatic N) is 4. The van der Waals surface area contributed by atoms with Gasteiger partial charge in [-0.05, 0) is 41.0 Å². The first-order valence-electron chi connectivity index (χ1n) is 14.6. The van der Waals surface area contributed by atoms with Gasteiger partial charge >= 0.3 is 12.1 Å².